The van der Waals surface area contributed by atoms with Crippen LogP contribution in [0.5, 0.6) is 0 Å². The Morgan fingerprint density at radius 1 is 1.61 bits per heavy atom. The van der Waals surface area contributed by atoms with Gasteiger partial charge in [-0.05, 0) is 26.2 Å². The van der Waals surface area contributed by atoms with Gasteiger partial charge in [0.15, 0.2) is 0 Å². The smallest absolute Gasteiger partial charge is 0.252 e. The average molecular weight is 251 g/mol. The van der Waals surface area contributed by atoms with Gasteiger partial charge in [-0.2, -0.15) is 0 Å². The molecule has 1 aliphatic carbocycles. The molecule has 2 rings (SSSR count). The molecule has 0 aliphatic heterocycles. The fourth-order valence-electron chi connectivity index (χ4n) is 2.03. The summed E-state index contributed by atoms with van der Waals surface area (Å²) in [7, 11) is 0. The molecule has 0 spiro atoms. The fraction of sp³-hybridized carbons (Fsp3) is 0.692. The lowest BCUT2D eigenvalue weighted by Gasteiger charge is -2.23. The van der Waals surface area contributed by atoms with Crippen LogP contribution in [0.3, 0.4) is 0 Å². The van der Waals surface area contributed by atoms with Crippen LogP contribution in [0.15, 0.2) is 10.9 Å². The number of rotatable bonds is 6. The summed E-state index contributed by atoms with van der Waals surface area (Å²) in [6, 6.07) is 1.44. The van der Waals surface area contributed by atoms with Crippen LogP contribution in [0, 0.1) is 0 Å². The van der Waals surface area contributed by atoms with Gasteiger partial charge < -0.3 is 15.4 Å². The van der Waals surface area contributed by atoms with Crippen molar-refractivity contribution in [3.63, 3.8) is 0 Å². The number of aromatic amines is 1. The molecular formula is C13H21N3O2. The largest absolute Gasteiger partial charge is 0.388 e. The van der Waals surface area contributed by atoms with Crippen molar-refractivity contribution in [1.29, 1.82) is 0 Å². The zero-order chi connectivity index (χ0) is 13.2. The van der Waals surface area contributed by atoms with E-state index < -0.39 is 5.60 Å². The van der Waals surface area contributed by atoms with E-state index in [-0.39, 0.29) is 5.56 Å². The van der Waals surface area contributed by atoms with Gasteiger partial charge in [0.2, 0.25) is 0 Å². The third-order valence-corrected chi connectivity index (χ3v) is 3.16. The van der Waals surface area contributed by atoms with Crippen molar-refractivity contribution < 1.29 is 5.11 Å². The first-order valence-corrected chi connectivity index (χ1v) is 6.58. The van der Waals surface area contributed by atoms with Gasteiger partial charge in [0, 0.05) is 18.5 Å². The lowest BCUT2D eigenvalue weighted by atomic mass is 10.0. The predicted molar refractivity (Wildman–Crippen MR) is 70.9 cm³/mol. The summed E-state index contributed by atoms with van der Waals surface area (Å²) < 4.78 is 0. The third-order valence-electron chi connectivity index (χ3n) is 3.16. The van der Waals surface area contributed by atoms with Gasteiger partial charge in [-0.1, -0.05) is 13.3 Å². The normalized spacial score (nSPS) is 18.4. The molecule has 0 amide bonds. The Balaban J connectivity index is 2.02. The summed E-state index contributed by atoms with van der Waals surface area (Å²) in [5.41, 5.74) is -0.900. The van der Waals surface area contributed by atoms with Gasteiger partial charge in [0.25, 0.3) is 5.56 Å². The van der Waals surface area contributed by atoms with Crippen LogP contribution >= 0.6 is 0 Å². The molecule has 0 aromatic carbocycles. The van der Waals surface area contributed by atoms with E-state index in [2.05, 4.69) is 15.3 Å². The first-order valence-electron chi connectivity index (χ1n) is 6.58. The number of H-pyrrole nitrogens is 1. The Morgan fingerprint density at radius 3 is 2.94 bits per heavy atom. The quantitative estimate of drug-likeness (QED) is 0.717. The molecule has 0 saturated heterocycles. The Kier molecular flexibility index (Phi) is 3.71. The van der Waals surface area contributed by atoms with Crippen LogP contribution in [0.2, 0.25) is 0 Å². The summed E-state index contributed by atoms with van der Waals surface area (Å²) >= 11 is 0. The van der Waals surface area contributed by atoms with Crippen LogP contribution in [0.1, 0.15) is 51.3 Å². The maximum Gasteiger partial charge on any atom is 0.252 e. The molecule has 1 saturated carbocycles. The molecule has 100 valence electrons. The summed E-state index contributed by atoms with van der Waals surface area (Å²) in [5.74, 6) is 1.73. The number of aliphatic hydroxyl groups is 1. The number of nitrogens with zero attached hydrogens (tertiary/aromatic N) is 1. The van der Waals surface area contributed by atoms with E-state index in [0.717, 1.165) is 31.5 Å². The number of hydrogen-bond acceptors (Lipinski definition) is 4. The van der Waals surface area contributed by atoms with E-state index in [4.69, 9.17) is 0 Å². The molecule has 1 unspecified atom stereocenters. The maximum absolute atomic E-state index is 11.5. The van der Waals surface area contributed by atoms with Crippen molar-refractivity contribution >= 4 is 5.82 Å². The molecule has 1 fully saturated rings. The zero-order valence-corrected chi connectivity index (χ0v) is 11.0. The van der Waals surface area contributed by atoms with E-state index >= 15 is 0 Å². The van der Waals surface area contributed by atoms with Crippen molar-refractivity contribution in [2.45, 2.75) is 51.0 Å². The van der Waals surface area contributed by atoms with Gasteiger partial charge in [0.1, 0.15) is 11.6 Å². The minimum absolute atomic E-state index is 0.135. The Labute approximate surface area is 107 Å². The second-order valence-electron chi connectivity index (χ2n) is 5.39. The van der Waals surface area contributed by atoms with Crippen molar-refractivity contribution in [3.05, 3.63) is 22.2 Å². The zero-order valence-electron chi connectivity index (χ0n) is 11.0. The first kappa shape index (κ1) is 13.1. The average Bonchev–Trinajstić information content (AvgIpc) is 3.09. The monoisotopic (exact) mass is 251 g/mol. The molecule has 1 heterocycles. The molecule has 0 bridgehead atoms. The molecule has 1 aromatic heterocycles. The van der Waals surface area contributed by atoms with Crippen LogP contribution < -0.4 is 10.9 Å². The van der Waals surface area contributed by atoms with Gasteiger partial charge in [-0.3, -0.25) is 4.79 Å². The lowest BCUT2D eigenvalue weighted by Crippen LogP contribution is -2.33. The standard InChI is InChI=1S/C13H21N3O2/c1-3-6-13(2,18)8-14-10-7-11(17)16-12(15-10)9-4-5-9/h7,9,18H,3-6,8H2,1-2H3,(H2,14,15,16,17). The molecule has 1 atom stereocenters. The second kappa shape index (κ2) is 5.10. The van der Waals surface area contributed by atoms with E-state index in [9.17, 15) is 9.90 Å². The first-order chi connectivity index (χ1) is 8.50. The molecule has 5 nitrogen and oxygen atoms in total. The molecule has 18 heavy (non-hydrogen) atoms. The minimum atomic E-state index is -0.765. The summed E-state index contributed by atoms with van der Waals surface area (Å²) in [6.07, 6.45) is 3.84. The van der Waals surface area contributed by atoms with Gasteiger partial charge >= 0.3 is 0 Å². The summed E-state index contributed by atoms with van der Waals surface area (Å²) in [4.78, 5) is 18.6. The SMILES string of the molecule is CCCC(C)(O)CNc1cc(=O)[nH]c(C2CC2)n1. The maximum atomic E-state index is 11.5. The Bertz CT molecular complexity index is 464. The van der Waals surface area contributed by atoms with Crippen LogP contribution in [-0.2, 0) is 0 Å². The lowest BCUT2D eigenvalue weighted by molar-refractivity contribution is 0.0636. The highest BCUT2D eigenvalue weighted by Gasteiger charge is 2.26. The number of aromatic nitrogens is 2. The second-order valence-corrected chi connectivity index (χ2v) is 5.39. The summed E-state index contributed by atoms with van der Waals surface area (Å²) in [6.45, 7) is 4.23. The van der Waals surface area contributed by atoms with E-state index in [1.165, 1.54) is 6.07 Å². The van der Waals surface area contributed by atoms with Crippen molar-refractivity contribution in [3.8, 4) is 0 Å². The molecular weight excluding hydrogens is 230 g/mol. The van der Waals surface area contributed by atoms with Crippen LogP contribution in [0.25, 0.3) is 0 Å². The third kappa shape index (κ3) is 3.57. The molecule has 5 heteroatoms. The predicted octanol–water partition coefficient (Wildman–Crippen LogP) is 1.61. The van der Waals surface area contributed by atoms with Crippen molar-refractivity contribution in [1.82, 2.24) is 9.97 Å². The molecule has 1 aromatic rings. The molecule has 0 radical (unpaired) electrons. The topological polar surface area (TPSA) is 78.0 Å². The Morgan fingerprint density at radius 2 is 2.33 bits per heavy atom. The van der Waals surface area contributed by atoms with E-state index in [1.807, 2.05) is 6.92 Å². The van der Waals surface area contributed by atoms with Crippen LogP contribution in [-0.4, -0.2) is 27.2 Å². The Hall–Kier alpha value is -1.36. The van der Waals surface area contributed by atoms with Crippen LogP contribution in [0.4, 0.5) is 5.82 Å². The number of anilines is 1. The van der Waals surface area contributed by atoms with E-state index in [1.54, 1.807) is 6.92 Å². The highest BCUT2D eigenvalue weighted by molar-refractivity contribution is 5.34. The van der Waals surface area contributed by atoms with Gasteiger partial charge in [0.05, 0.1) is 5.60 Å². The van der Waals surface area contributed by atoms with E-state index in [0.29, 0.717) is 18.3 Å². The van der Waals surface area contributed by atoms with Gasteiger partial charge in [-0.15, -0.1) is 0 Å². The molecule has 1 aliphatic rings. The minimum Gasteiger partial charge on any atom is -0.388 e. The van der Waals surface area contributed by atoms with Crippen molar-refractivity contribution in [2.24, 2.45) is 0 Å². The van der Waals surface area contributed by atoms with Gasteiger partial charge in [-0.25, -0.2) is 4.98 Å². The highest BCUT2D eigenvalue weighted by Crippen LogP contribution is 2.37. The fourth-order valence-corrected chi connectivity index (χ4v) is 2.03. The number of nitrogens with one attached hydrogen (secondary N) is 2. The highest BCUT2D eigenvalue weighted by atomic mass is 16.3. The molecule has 3 N–H and O–H groups in total. The number of hydrogen-bond donors (Lipinski definition) is 3. The summed E-state index contributed by atoms with van der Waals surface area (Å²) in [5, 5.41) is 13.1. The van der Waals surface area contributed by atoms with Crippen molar-refractivity contribution in [2.75, 3.05) is 11.9 Å².